The Morgan fingerprint density at radius 3 is 2.64 bits per heavy atom. The first kappa shape index (κ1) is 8.37. The molecule has 0 saturated carbocycles. The fourth-order valence-corrected chi connectivity index (χ4v) is 1.02. The van der Waals surface area contributed by atoms with E-state index in [9.17, 15) is 13.2 Å². The summed E-state index contributed by atoms with van der Waals surface area (Å²) in [5.74, 6) is -2.32. The number of rotatable bonds is 1. The van der Waals surface area contributed by atoms with Crippen LogP contribution in [0.25, 0.3) is 0 Å². The second-order valence-electron chi connectivity index (χ2n) is 2.52. The molecular formula is C8H9F3. The zero-order valence-corrected chi connectivity index (χ0v) is 6.20. The Morgan fingerprint density at radius 1 is 1.55 bits per heavy atom. The lowest BCUT2D eigenvalue weighted by atomic mass is 10.0. The molecule has 0 heterocycles. The molecule has 1 aliphatic carbocycles. The molecule has 0 nitrogen and oxygen atoms in total. The average Bonchev–Trinajstić information content (AvgIpc) is 1.99. The highest BCUT2D eigenvalue weighted by atomic mass is 19.2. The Labute approximate surface area is 63.4 Å². The number of allylic oxidation sites excluding steroid dienone is 4. The van der Waals surface area contributed by atoms with Crippen molar-refractivity contribution in [3.63, 3.8) is 0 Å². The van der Waals surface area contributed by atoms with Gasteiger partial charge in [0.05, 0.1) is 0 Å². The molecule has 0 radical (unpaired) electrons. The Bertz CT molecular complexity index is 215. The summed E-state index contributed by atoms with van der Waals surface area (Å²) in [7, 11) is 0. The molecule has 0 amide bonds. The molecular weight excluding hydrogens is 153 g/mol. The van der Waals surface area contributed by atoms with Crippen molar-refractivity contribution in [1.82, 2.24) is 0 Å². The highest BCUT2D eigenvalue weighted by Gasteiger charge is 2.23. The van der Waals surface area contributed by atoms with Crippen LogP contribution in [-0.4, -0.2) is 6.17 Å². The molecule has 1 atom stereocenters. The van der Waals surface area contributed by atoms with Gasteiger partial charge in [0.1, 0.15) is 0 Å². The summed E-state index contributed by atoms with van der Waals surface area (Å²) < 4.78 is 37.4. The van der Waals surface area contributed by atoms with Crippen LogP contribution in [0.3, 0.4) is 0 Å². The molecule has 0 aromatic carbocycles. The average molecular weight is 162 g/mol. The maximum Gasteiger partial charge on any atom is 0.170 e. The van der Waals surface area contributed by atoms with E-state index in [-0.39, 0.29) is 6.42 Å². The molecule has 0 aromatic rings. The summed E-state index contributed by atoms with van der Waals surface area (Å²) in [5.41, 5.74) is 0.622. The molecule has 3 heteroatoms. The van der Waals surface area contributed by atoms with Gasteiger partial charge in [-0.15, -0.1) is 0 Å². The predicted molar refractivity (Wildman–Crippen MR) is 37.1 cm³/mol. The lowest BCUT2D eigenvalue weighted by Gasteiger charge is -2.13. The molecule has 0 aliphatic heterocycles. The minimum absolute atomic E-state index is 0.00421. The summed E-state index contributed by atoms with van der Waals surface area (Å²) in [6.07, 6.45) is -0.127. The zero-order valence-electron chi connectivity index (χ0n) is 6.20. The van der Waals surface area contributed by atoms with E-state index in [1.54, 1.807) is 6.92 Å². The van der Waals surface area contributed by atoms with Gasteiger partial charge in [0.2, 0.25) is 0 Å². The third-order valence-electron chi connectivity index (χ3n) is 1.73. The van der Waals surface area contributed by atoms with E-state index in [1.807, 2.05) is 0 Å². The molecule has 62 valence electrons. The quantitative estimate of drug-likeness (QED) is 0.555. The third kappa shape index (κ3) is 1.64. The molecule has 0 N–H and O–H groups in total. The third-order valence-corrected chi connectivity index (χ3v) is 1.73. The summed E-state index contributed by atoms with van der Waals surface area (Å²) in [6.45, 7) is 1.79. The summed E-state index contributed by atoms with van der Waals surface area (Å²) >= 11 is 0. The Kier molecular flexibility index (Phi) is 2.37. The van der Waals surface area contributed by atoms with E-state index in [2.05, 4.69) is 0 Å². The van der Waals surface area contributed by atoms with Gasteiger partial charge in [-0.05, 0) is 12.5 Å². The molecule has 1 rings (SSSR count). The standard InChI is InChI=1S/C8H9F3/c1-2-5-3-6(9)8(11)7(10)4-5/h3,7H,2,4H2,1H3. The Balaban J connectivity index is 2.87. The van der Waals surface area contributed by atoms with Gasteiger partial charge in [-0.2, -0.15) is 0 Å². The van der Waals surface area contributed by atoms with Crippen LogP contribution in [-0.2, 0) is 0 Å². The van der Waals surface area contributed by atoms with Crippen LogP contribution in [0.2, 0.25) is 0 Å². The van der Waals surface area contributed by atoms with E-state index in [4.69, 9.17) is 0 Å². The number of alkyl halides is 1. The largest absolute Gasteiger partial charge is 0.239 e. The predicted octanol–water partition coefficient (Wildman–Crippen LogP) is 3.22. The van der Waals surface area contributed by atoms with E-state index >= 15 is 0 Å². The van der Waals surface area contributed by atoms with Gasteiger partial charge in [0, 0.05) is 6.42 Å². The molecule has 0 aromatic heterocycles. The lowest BCUT2D eigenvalue weighted by Crippen LogP contribution is -2.08. The SMILES string of the molecule is CCC1=CC(F)=C(F)C(F)C1. The van der Waals surface area contributed by atoms with Gasteiger partial charge in [-0.1, -0.05) is 12.5 Å². The van der Waals surface area contributed by atoms with Crippen molar-refractivity contribution in [2.75, 3.05) is 0 Å². The molecule has 1 unspecified atom stereocenters. The van der Waals surface area contributed by atoms with Crippen LogP contribution >= 0.6 is 0 Å². The first-order valence-electron chi connectivity index (χ1n) is 3.53. The van der Waals surface area contributed by atoms with Gasteiger partial charge < -0.3 is 0 Å². The molecule has 1 aliphatic rings. The van der Waals surface area contributed by atoms with E-state index in [0.717, 1.165) is 6.08 Å². The van der Waals surface area contributed by atoms with E-state index in [1.165, 1.54) is 0 Å². The Morgan fingerprint density at radius 2 is 2.18 bits per heavy atom. The highest BCUT2D eigenvalue weighted by Crippen LogP contribution is 2.29. The maximum atomic E-state index is 12.6. The summed E-state index contributed by atoms with van der Waals surface area (Å²) in [4.78, 5) is 0. The molecule has 11 heavy (non-hydrogen) atoms. The first-order chi connectivity index (χ1) is 5.15. The van der Waals surface area contributed by atoms with Crippen LogP contribution in [0.1, 0.15) is 19.8 Å². The fraction of sp³-hybridized carbons (Fsp3) is 0.500. The zero-order chi connectivity index (χ0) is 8.43. The topological polar surface area (TPSA) is 0 Å². The normalized spacial score (nSPS) is 25.5. The van der Waals surface area contributed by atoms with E-state index < -0.39 is 17.8 Å². The van der Waals surface area contributed by atoms with Crippen molar-refractivity contribution < 1.29 is 13.2 Å². The number of halogens is 3. The van der Waals surface area contributed by atoms with Crippen LogP contribution in [0.5, 0.6) is 0 Å². The van der Waals surface area contributed by atoms with Crippen molar-refractivity contribution in [2.45, 2.75) is 25.9 Å². The first-order valence-corrected chi connectivity index (χ1v) is 3.53. The van der Waals surface area contributed by atoms with Crippen molar-refractivity contribution in [3.05, 3.63) is 23.3 Å². The van der Waals surface area contributed by atoms with Crippen molar-refractivity contribution in [1.29, 1.82) is 0 Å². The van der Waals surface area contributed by atoms with Gasteiger partial charge in [0.15, 0.2) is 17.8 Å². The van der Waals surface area contributed by atoms with Crippen LogP contribution < -0.4 is 0 Å². The number of hydrogen-bond donors (Lipinski definition) is 0. The van der Waals surface area contributed by atoms with Crippen molar-refractivity contribution in [2.24, 2.45) is 0 Å². The summed E-state index contributed by atoms with van der Waals surface area (Å²) in [6, 6.07) is 0. The van der Waals surface area contributed by atoms with Gasteiger partial charge in [-0.25, -0.2) is 13.2 Å². The van der Waals surface area contributed by atoms with Gasteiger partial charge in [0.25, 0.3) is 0 Å². The van der Waals surface area contributed by atoms with Crippen molar-refractivity contribution in [3.8, 4) is 0 Å². The maximum absolute atomic E-state index is 12.6. The lowest BCUT2D eigenvalue weighted by molar-refractivity contribution is 0.304. The summed E-state index contributed by atoms with van der Waals surface area (Å²) in [5, 5.41) is 0. The molecule has 0 fully saturated rings. The molecule has 0 saturated heterocycles. The van der Waals surface area contributed by atoms with Crippen molar-refractivity contribution >= 4 is 0 Å². The molecule has 0 bridgehead atoms. The smallest absolute Gasteiger partial charge is 0.170 e. The molecule has 0 spiro atoms. The van der Waals surface area contributed by atoms with Crippen LogP contribution in [0.4, 0.5) is 13.2 Å². The highest BCUT2D eigenvalue weighted by molar-refractivity contribution is 5.28. The minimum atomic E-state index is -1.77. The van der Waals surface area contributed by atoms with E-state index in [0.29, 0.717) is 12.0 Å². The van der Waals surface area contributed by atoms with Gasteiger partial charge in [-0.3, -0.25) is 0 Å². The van der Waals surface area contributed by atoms with Crippen LogP contribution in [0, 0.1) is 0 Å². The number of hydrogen-bond acceptors (Lipinski definition) is 0. The second-order valence-corrected chi connectivity index (χ2v) is 2.52. The van der Waals surface area contributed by atoms with Crippen LogP contribution in [0.15, 0.2) is 23.3 Å². The Hall–Kier alpha value is -0.730. The monoisotopic (exact) mass is 162 g/mol. The second kappa shape index (κ2) is 3.11. The van der Waals surface area contributed by atoms with Gasteiger partial charge >= 0.3 is 0 Å². The fourth-order valence-electron chi connectivity index (χ4n) is 1.02. The minimum Gasteiger partial charge on any atom is -0.239 e.